The summed E-state index contributed by atoms with van der Waals surface area (Å²) < 4.78 is 37.2. The molecule has 138 valence electrons. The summed E-state index contributed by atoms with van der Waals surface area (Å²) in [4.78, 5) is 12.6. The summed E-state index contributed by atoms with van der Waals surface area (Å²) in [7, 11) is -3.32. The van der Waals surface area contributed by atoms with Crippen LogP contribution in [0.25, 0.3) is 11.1 Å². The SMILES string of the molecule is CS(=O)(=O)c1cccc(-c2cccc(C(=O)NCc3ccccc3F)c2)c1. The summed E-state index contributed by atoms with van der Waals surface area (Å²) in [6, 6.07) is 19.7. The van der Waals surface area contributed by atoms with Gasteiger partial charge < -0.3 is 5.32 Å². The highest BCUT2D eigenvalue weighted by molar-refractivity contribution is 7.90. The maximum Gasteiger partial charge on any atom is 0.251 e. The zero-order valence-corrected chi connectivity index (χ0v) is 15.5. The van der Waals surface area contributed by atoms with Gasteiger partial charge in [0.15, 0.2) is 9.84 Å². The van der Waals surface area contributed by atoms with Crippen molar-refractivity contribution in [2.24, 2.45) is 0 Å². The number of halogens is 1. The van der Waals surface area contributed by atoms with Crippen LogP contribution in [-0.4, -0.2) is 20.6 Å². The number of carbonyl (C=O) groups excluding carboxylic acids is 1. The highest BCUT2D eigenvalue weighted by Crippen LogP contribution is 2.23. The van der Waals surface area contributed by atoms with E-state index in [9.17, 15) is 17.6 Å². The van der Waals surface area contributed by atoms with Gasteiger partial charge in [0.25, 0.3) is 5.91 Å². The van der Waals surface area contributed by atoms with Gasteiger partial charge in [-0.3, -0.25) is 4.79 Å². The molecule has 0 atom stereocenters. The van der Waals surface area contributed by atoms with Crippen LogP contribution in [0.1, 0.15) is 15.9 Å². The van der Waals surface area contributed by atoms with E-state index < -0.39 is 9.84 Å². The van der Waals surface area contributed by atoms with E-state index in [1.165, 1.54) is 12.1 Å². The first kappa shape index (κ1) is 18.8. The predicted molar refractivity (Wildman–Crippen MR) is 103 cm³/mol. The molecule has 0 aliphatic rings. The van der Waals surface area contributed by atoms with Gasteiger partial charge in [-0.25, -0.2) is 12.8 Å². The molecule has 1 amide bonds. The lowest BCUT2D eigenvalue weighted by molar-refractivity contribution is 0.0950. The van der Waals surface area contributed by atoms with Crippen molar-refractivity contribution in [2.45, 2.75) is 11.4 Å². The summed E-state index contributed by atoms with van der Waals surface area (Å²) in [5.41, 5.74) is 2.23. The van der Waals surface area contributed by atoms with E-state index in [4.69, 9.17) is 0 Å². The van der Waals surface area contributed by atoms with Gasteiger partial charge in [0, 0.05) is 23.9 Å². The molecule has 6 heteroatoms. The Labute approximate surface area is 157 Å². The first-order valence-electron chi connectivity index (χ1n) is 8.27. The molecule has 0 aromatic heterocycles. The van der Waals surface area contributed by atoms with Gasteiger partial charge in [0.2, 0.25) is 0 Å². The molecule has 1 N–H and O–H groups in total. The Kier molecular flexibility index (Phi) is 5.37. The van der Waals surface area contributed by atoms with Crippen molar-refractivity contribution in [3.05, 3.63) is 89.7 Å². The van der Waals surface area contributed by atoms with Gasteiger partial charge in [0.05, 0.1) is 4.90 Å². The van der Waals surface area contributed by atoms with Gasteiger partial charge in [-0.2, -0.15) is 0 Å². The maximum absolute atomic E-state index is 13.7. The standard InChI is InChI=1S/C21H18FNO3S/c1-27(25,26)19-10-5-8-16(13-19)15-7-4-9-17(12-15)21(24)23-14-18-6-2-3-11-20(18)22/h2-13H,14H2,1H3,(H,23,24). The van der Waals surface area contributed by atoms with Crippen LogP contribution in [0.3, 0.4) is 0 Å². The summed E-state index contributed by atoms with van der Waals surface area (Å²) in [5, 5.41) is 2.70. The van der Waals surface area contributed by atoms with Crippen LogP contribution in [0.5, 0.6) is 0 Å². The van der Waals surface area contributed by atoms with E-state index in [-0.39, 0.29) is 23.2 Å². The summed E-state index contributed by atoms with van der Waals surface area (Å²) in [5.74, 6) is -0.705. The molecule has 3 aromatic carbocycles. The molecule has 0 saturated carbocycles. The second-order valence-electron chi connectivity index (χ2n) is 6.15. The van der Waals surface area contributed by atoms with Gasteiger partial charge in [-0.1, -0.05) is 42.5 Å². The molecule has 4 nitrogen and oxygen atoms in total. The summed E-state index contributed by atoms with van der Waals surface area (Å²) >= 11 is 0. The average molecular weight is 383 g/mol. The third-order valence-corrected chi connectivity index (χ3v) is 5.23. The highest BCUT2D eigenvalue weighted by Gasteiger charge is 2.11. The van der Waals surface area contributed by atoms with Crippen LogP contribution in [0.2, 0.25) is 0 Å². The second-order valence-corrected chi connectivity index (χ2v) is 8.17. The van der Waals surface area contributed by atoms with E-state index in [1.54, 1.807) is 60.7 Å². The molecular weight excluding hydrogens is 365 g/mol. The van der Waals surface area contributed by atoms with Crippen molar-refractivity contribution < 1.29 is 17.6 Å². The van der Waals surface area contributed by atoms with E-state index >= 15 is 0 Å². The zero-order valence-electron chi connectivity index (χ0n) is 14.6. The van der Waals surface area contributed by atoms with Crippen LogP contribution in [-0.2, 0) is 16.4 Å². The maximum atomic E-state index is 13.7. The largest absolute Gasteiger partial charge is 0.348 e. The Hall–Kier alpha value is -2.99. The van der Waals surface area contributed by atoms with Gasteiger partial charge >= 0.3 is 0 Å². The van der Waals surface area contributed by atoms with E-state index in [1.807, 2.05) is 0 Å². The number of rotatable bonds is 5. The molecule has 0 fully saturated rings. The van der Waals surface area contributed by atoms with Crippen molar-refractivity contribution >= 4 is 15.7 Å². The number of hydrogen-bond donors (Lipinski definition) is 1. The minimum Gasteiger partial charge on any atom is -0.348 e. The van der Waals surface area contributed by atoms with Crippen LogP contribution in [0.4, 0.5) is 4.39 Å². The Balaban J connectivity index is 1.81. The Bertz CT molecular complexity index is 1090. The monoisotopic (exact) mass is 383 g/mol. The zero-order chi connectivity index (χ0) is 19.4. The number of carbonyl (C=O) groups is 1. The molecule has 0 saturated heterocycles. The molecule has 3 rings (SSSR count). The lowest BCUT2D eigenvalue weighted by Gasteiger charge is -2.09. The van der Waals surface area contributed by atoms with Crippen LogP contribution in [0, 0.1) is 5.82 Å². The lowest BCUT2D eigenvalue weighted by Crippen LogP contribution is -2.23. The molecule has 0 radical (unpaired) electrons. The van der Waals surface area contributed by atoms with Crippen LogP contribution in [0.15, 0.2) is 77.7 Å². The molecule has 3 aromatic rings. The molecule has 27 heavy (non-hydrogen) atoms. The van der Waals surface area contributed by atoms with E-state index in [0.717, 1.165) is 11.8 Å². The first-order chi connectivity index (χ1) is 12.8. The minimum absolute atomic E-state index is 0.0826. The first-order valence-corrected chi connectivity index (χ1v) is 10.2. The minimum atomic E-state index is -3.32. The molecular formula is C21H18FNO3S. The predicted octanol–water partition coefficient (Wildman–Crippen LogP) is 3.83. The Morgan fingerprint density at radius 3 is 2.30 bits per heavy atom. The topological polar surface area (TPSA) is 63.2 Å². The Morgan fingerprint density at radius 1 is 0.926 bits per heavy atom. The van der Waals surface area contributed by atoms with Gasteiger partial charge in [-0.05, 0) is 41.5 Å². The number of benzene rings is 3. The molecule has 0 bridgehead atoms. The molecule has 0 heterocycles. The smallest absolute Gasteiger partial charge is 0.251 e. The second kappa shape index (κ2) is 7.72. The summed E-state index contributed by atoms with van der Waals surface area (Å²) in [6.45, 7) is 0.0826. The third-order valence-electron chi connectivity index (χ3n) is 4.12. The van der Waals surface area contributed by atoms with Crippen LogP contribution >= 0.6 is 0 Å². The Morgan fingerprint density at radius 2 is 1.59 bits per heavy atom. The fourth-order valence-electron chi connectivity index (χ4n) is 2.67. The van der Waals surface area contributed by atoms with Crippen molar-refractivity contribution in [2.75, 3.05) is 6.26 Å². The van der Waals surface area contributed by atoms with Crippen molar-refractivity contribution in [3.8, 4) is 11.1 Å². The van der Waals surface area contributed by atoms with Crippen molar-refractivity contribution in [1.29, 1.82) is 0 Å². The van der Waals surface area contributed by atoms with E-state index in [0.29, 0.717) is 16.7 Å². The number of nitrogens with one attached hydrogen (secondary N) is 1. The fraction of sp³-hybridized carbons (Fsp3) is 0.0952. The van der Waals surface area contributed by atoms with Crippen molar-refractivity contribution in [3.63, 3.8) is 0 Å². The molecule has 0 aliphatic carbocycles. The average Bonchev–Trinajstić information content (AvgIpc) is 2.67. The quantitative estimate of drug-likeness (QED) is 0.728. The highest BCUT2D eigenvalue weighted by atomic mass is 32.2. The molecule has 0 aliphatic heterocycles. The van der Waals surface area contributed by atoms with Gasteiger partial charge in [-0.15, -0.1) is 0 Å². The lowest BCUT2D eigenvalue weighted by atomic mass is 10.0. The third kappa shape index (κ3) is 4.60. The number of sulfone groups is 1. The normalized spacial score (nSPS) is 11.2. The number of amides is 1. The molecule has 0 spiro atoms. The molecule has 0 unspecified atom stereocenters. The van der Waals surface area contributed by atoms with Gasteiger partial charge in [0.1, 0.15) is 5.82 Å². The fourth-order valence-corrected chi connectivity index (χ4v) is 3.33. The van der Waals surface area contributed by atoms with Crippen LogP contribution < -0.4 is 5.32 Å². The van der Waals surface area contributed by atoms with Crippen molar-refractivity contribution in [1.82, 2.24) is 5.32 Å². The number of hydrogen-bond acceptors (Lipinski definition) is 3. The summed E-state index contributed by atoms with van der Waals surface area (Å²) in [6.07, 6.45) is 1.15. The van der Waals surface area contributed by atoms with E-state index in [2.05, 4.69) is 5.32 Å².